The Kier molecular flexibility index (Phi) is 32.5. The number of nitrogens with zero attached hydrogens (tertiary/aromatic N) is 8. The first kappa shape index (κ1) is 100. The zero-order chi connectivity index (χ0) is 94.7. The summed E-state index contributed by atoms with van der Waals surface area (Å²) in [5.74, 6) is -4.72. The van der Waals surface area contributed by atoms with Crippen LogP contribution in [0.1, 0.15) is 240 Å². The maximum absolute atomic E-state index is 13.9. The van der Waals surface area contributed by atoms with E-state index in [1.165, 1.54) is 24.3 Å². The van der Waals surface area contributed by atoms with Crippen LogP contribution in [0.2, 0.25) is 0 Å². The van der Waals surface area contributed by atoms with E-state index in [0.29, 0.717) is 118 Å². The molecule has 2 unspecified atom stereocenters. The third-order valence-corrected chi connectivity index (χ3v) is 24.8. The van der Waals surface area contributed by atoms with Crippen molar-refractivity contribution in [2.75, 3.05) is 78.2 Å². The summed E-state index contributed by atoms with van der Waals surface area (Å²) < 4.78 is 11.9. The number of anilines is 2. The second-order valence-corrected chi connectivity index (χ2v) is 35.4. The maximum Gasteiger partial charge on any atom is 0.335 e. The van der Waals surface area contributed by atoms with Crippen LogP contribution in [0.5, 0.6) is 11.5 Å². The van der Waals surface area contributed by atoms with Crippen LogP contribution in [-0.4, -0.2) is 217 Å². The van der Waals surface area contributed by atoms with Crippen LogP contribution in [0.25, 0.3) is 21.5 Å². The molecule has 10 aromatic rings. The monoisotopic (exact) mass is 1880 g/mol. The van der Waals surface area contributed by atoms with Crippen molar-refractivity contribution in [1.82, 2.24) is 71.1 Å². The summed E-state index contributed by atoms with van der Waals surface area (Å²) in [4.78, 5) is 189. The van der Waals surface area contributed by atoms with Crippen LogP contribution in [0, 0.1) is 0 Å². The zero-order valence-corrected chi connectivity index (χ0v) is 78.5. The summed E-state index contributed by atoms with van der Waals surface area (Å²) in [6, 6.07) is 46.7. The van der Waals surface area contributed by atoms with Crippen molar-refractivity contribution in [3.63, 3.8) is 0 Å². The van der Waals surface area contributed by atoms with Crippen LogP contribution in [0.3, 0.4) is 0 Å². The quantitative estimate of drug-likeness (QED) is 0.0138. The smallest absolute Gasteiger partial charge is 0.335 e. The number of aromatic nitrogens is 4. The lowest BCUT2D eigenvalue weighted by Crippen LogP contribution is -2.57. The Labute approximate surface area is 794 Å². The second-order valence-electron chi connectivity index (χ2n) is 35.4. The number of carboxylic acid groups (broad SMARTS) is 1. The lowest BCUT2D eigenvalue weighted by atomic mass is 9.91. The van der Waals surface area contributed by atoms with Crippen LogP contribution >= 0.6 is 27.0 Å². The molecule has 6 aliphatic heterocycles. The molecule has 2 fully saturated rings. The highest BCUT2D eigenvalue weighted by molar-refractivity contribution is 7.59. The molecule has 708 valence electrons. The highest BCUT2D eigenvalue weighted by atomic mass is 32.1. The Bertz CT molecular complexity index is 6170. The van der Waals surface area contributed by atoms with Gasteiger partial charge in [0.25, 0.3) is 41.4 Å². The van der Waals surface area contributed by atoms with Crippen LogP contribution in [0.15, 0.2) is 170 Å². The van der Waals surface area contributed by atoms with E-state index in [9.17, 15) is 67.1 Å². The van der Waals surface area contributed by atoms with E-state index in [2.05, 4.69) is 69.3 Å². The zero-order valence-electron chi connectivity index (χ0n) is 76.5. The Morgan fingerprint density at radius 3 is 1.37 bits per heavy atom. The molecule has 0 spiro atoms. The molecule has 135 heavy (non-hydrogen) atoms. The van der Waals surface area contributed by atoms with Crippen LogP contribution in [-0.2, 0) is 48.1 Å². The molecule has 11 N–H and O–H groups in total. The average molecular weight is 1880 g/mol. The van der Waals surface area contributed by atoms with Gasteiger partial charge in [-0.25, -0.2) is 9.59 Å². The number of hydrogen-bond donors (Lipinski definition) is 10. The first-order chi connectivity index (χ1) is 63.8. The Hall–Kier alpha value is -13.9. The average Bonchev–Trinajstić information content (AvgIpc) is 1.02. The van der Waals surface area contributed by atoms with Gasteiger partial charge in [0.1, 0.15) is 23.6 Å². The molecular weight excluding hydrogens is 1760 g/mol. The van der Waals surface area contributed by atoms with Crippen LogP contribution in [0.4, 0.5) is 16.4 Å². The number of aromatic amines is 2. The van der Waals surface area contributed by atoms with Gasteiger partial charge >= 0.3 is 12.0 Å². The molecule has 14 amide bonds. The summed E-state index contributed by atoms with van der Waals surface area (Å²) in [5.41, 5.74) is 11.8. The van der Waals surface area contributed by atoms with E-state index in [0.717, 1.165) is 107 Å². The third-order valence-electron chi connectivity index (χ3n) is 24.8. The fourth-order valence-electron chi connectivity index (χ4n) is 17.8. The number of urea groups is 1. The third kappa shape index (κ3) is 22.4. The number of carbonyl (C=O) groups excluding carboxylic acids is 13. The standard InChI is InChI=1S/C50H54N8O8.C26H30N6O4.C23H25N3O5.2H2S/c1-50(2)43-38(29-57(50)41(60)26-34(28-56(3)4)30-13-8-7-9-14-30)44(55-54-43)53-46(62)32-19-17-31(18-20-32)45(61)51-23-10-5-6-11-24-66-35-25-33-15-12-16-36-42(33)37(27-35)49(65)58(48(36)64)39-21-22-40(59)52-47(39)63;1-26(2)21-19(22(30-29-21)28-23(33)17-10-12-18(13-11-17)24(34)35)14-32(26)25(36)27-20(15-31(3)4)16-8-6-5-7-9-16;24-10-3-1-2-4-11-31-15-12-14-6-5-7-16-20(14)17(13-15)23(30)26(22(16)29)18-8-9-19(27)25-21(18)28;;/h7-9,12-20,25,27,34,39H,5-6,10-11,21-24,26,28-29H2,1-4H3,(H,51,61)(H,52,59,63)(H2,53,54,55,62);5-13,20H,14-15H2,1-4H3,(H,27,36)(H,34,35)(H2,28,29,30,33);5-7,12-13,18H,1-4,8-11,24H2,(H,25,27,28);2*1H2/t34-,39?;20-;;;/m11.../s1. The summed E-state index contributed by atoms with van der Waals surface area (Å²) in [5, 5.41) is 42.5. The van der Waals surface area contributed by atoms with Crippen molar-refractivity contribution in [3.8, 4) is 11.5 Å². The van der Waals surface area contributed by atoms with Gasteiger partial charge in [-0.05, 0) is 208 Å². The molecular formula is C99H113N17O17S2. The summed E-state index contributed by atoms with van der Waals surface area (Å²) >= 11 is 0. The molecule has 0 radical (unpaired) electrons. The van der Waals surface area contributed by atoms with Crippen molar-refractivity contribution >= 4 is 143 Å². The van der Waals surface area contributed by atoms with Gasteiger partial charge in [-0.15, -0.1) is 0 Å². The normalized spacial score (nSPS) is 16.5. The molecule has 2 saturated heterocycles. The van der Waals surface area contributed by atoms with E-state index in [4.69, 9.17) is 20.3 Å². The van der Waals surface area contributed by atoms with Gasteiger partial charge in [0.15, 0.2) is 11.6 Å². The molecule has 6 aliphatic rings. The highest BCUT2D eigenvalue weighted by Gasteiger charge is 2.49. The number of unbranched alkanes of at least 4 members (excludes halogenated alkanes) is 6. The molecule has 34 nitrogen and oxygen atoms in total. The molecule has 0 aliphatic carbocycles. The molecule has 0 bridgehead atoms. The predicted octanol–water partition coefficient (Wildman–Crippen LogP) is 11.7. The number of rotatable bonds is 32. The van der Waals surface area contributed by atoms with Gasteiger partial charge in [0.2, 0.25) is 29.5 Å². The number of carboxylic acids is 1. The number of nitrogens with two attached hydrogens (primary N) is 1. The number of likely N-dealkylation sites (N-methyl/N-ethyl adjacent to an activating group) is 2. The van der Waals surface area contributed by atoms with Crippen molar-refractivity contribution in [2.45, 2.75) is 159 Å². The number of nitrogens with one attached hydrogen (secondary N) is 8. The fourth-order valence-corrected chi connectivity index (χ4v) is 17.8. The number of H-pyrrole nitrogens is 2. The molecule has 4 atom stereocenters. The molecule has 16 rings (SSSR count). The van der Waals surface area contributed by atoms with Crippen molar-refractivity contribution in [3.05, 3.63) is 248 Å². The lowest BCUT2D eigenvalue weighted by Gasteiger charge is -2.34. The number of benzene rings is 8. The number of fused-ring (bicyclic) bond motifs is 2. The number of hydrogen-bond acceptors (Lipinski definition) is 21. The number of piperidine rings is 2. The summed E-state index contributed by atoms with van der Waals surface area (Å²) in [6.07, 6.45) is 7.70. The Balaban J connectivity index is 0.000000200. The number of amides is 14. The van der Waals surface area contributed by atoms with E-state index in [1.54, 1.807) is 77.7 Å². The number of imide groups is 4. The van der Waals surface area contributed by atoms with Crippen molar-refractivity contribution in [1.29, 1.82) is 0 Å². The first-order valence-electron chi connectivity index (χ1n) is 44.6. The van der Waals surface area contributed by atoms with Crippen molar-refractivity contribution in [2.24, 2.45) is 5.73 Å². The van der Waals surface area contributed by atoms with E-state index >= 15 is 0 Å². The minimum atomic E-state index is -1.07. The minimum absolute atomic E-state index is 0. The van der Waals surface area contributed by atoms with Gasteiger partial charge in [-0.3, -0.25) is 88.2 Å². The van der Waals surface area contributed by atoms with Gasteiger partial charge in [0, 0.05) is 94.5 Å². The summed E-state index contributed by atoms with van der Waals surface area (Å²) in [6.45, 7) is 11.8. The number of ether oxygens (including phenoxy) is 2. The second kappa shape index (κ2) is 43.8. The van der Waals surface area contributed by atoms with Gasteiger partial charge in [-0.2, -0.15) is 37.2 Å². The molecule has 2 aromatic heterocycles. The topological polar surface area (TPSA) is 453 Å². The minimum Gasteiger partial charge on any atom is -0.494 e. The van der Waals surface area contributed by atoms with Gasteiger partial charge in [-0.1, -0.05) is 111 Å². The molecule has 0 saturated carbocycles. The number of aromatic carboxylic acids is 1. The van der Waals surface area contributed by atoms with Crippen molar-refractivity contribution < 1.29 is 81.7 Å². The molecule has 8 heterocycles. The number of carbonyl (C=O) groups is 14. The molecule has 36 heteroatoms. The van der Waals surface area contributed by atoms with E-state index in [-0.39, 0.29) is 106 Å². The maximum atomic E-state index is 13.9. The first-order valence-corrected chi connectivity index (χ1v) is 44.6. The Morgan fingerprint density at radius 2 is 0.919 bits per heavy atom. The molecule has 8 aromatic carbocycles. The fraction of sp³-hybridized carbons (Fsp3) is 0.354. The van der Waals surface area contributed by atoms with Gasteiger partial charge < -0.3 is 61.2 Å². The summed E-state index contributed by atoms with van der Waals surface area (Å²) in [7, 11) is 7.92. The Morgan fingerprint density at radius 1 is 0.496 bits per heavy atom. The van der Waals surface area contributed by atoms with E-state index in [1.807, 2.05) is 126 Å². The van der Waals surface area contributed by atoms with E-state index < -0.39 is 82.3 Å². The predicted molar refractivity (Wildman–Crippen MR) is 515 cm³/mol. The largest absolute Gasteiger partial charge is 0.494 e. The highest BCUT2D eigenvalue weighted by Crippen LogP contribution is 2.45. The lowest BCUT2D eigenvalue weighted by molar-refractivity contribution is -0.138. The SMILES string of the molecule is CN(C)C[C@@H](CC(=O)N1Cc2c(NC(=O)c3ccc(C(=O)NCCCCCCOc4cc5c6c(cccc6c4)C(=O)N(C4CCC(=O)NC4=O)C5=O)cc3)n[nH]c2C1(C)C)c1ccccc1.CN(C)C[C@@H](NC(=O)N1Cc2c(NC(=O)c3ccc(C(=O)O)cc3)n[nH]c2C1(C)C)c1ccccc1.NCCCCCCOc1cc2c3c(cccc3c1)C(=O)N(C1CCC(=O)NC1=O)C2=O.S.S. The van der Waals surface area contributed by atoms with Gasteiger partial charge in [0.05, 0.1) is 71.5 Å². The van der Waals surface area contributed by atoms with Crippen LogP contribution < -0.4 is 47.1 Å².